The first-order valence-electron chi connectivity index (χ1n) is 5.28. The molecule has 0 saturated heterocycles. The molecular weight excluding hydrogens is 302 g/mol. The Labute approximate surface area is 113 Å². The number of carbonyl (C=O) groups excluding carboxylic acids is 1. The summed E-state index contributed by atoms with van der Waals surface area (Å²) in [6.07, 6.45) is 1.64. The summed E-state index contributed by atoms with van der Waals surface area (Å²) < 4.78 is 12.1. The second kappa shape index (κ2) is 6.31. The number of amides is 1. The molecule has 17 heavy (non-hydrogen) atoms. The van der Waals surface area contributed by atoms with Crippen LogP contribution in [0.2, 0.25) is 0 Å². The monoisotopic (exact) mass is 317 g/mol. The molecule has 2 atom stereocenters. The maximum Gasteiger partial charge on any atom is 0.251 e. The van der Waals surface area contributed by atoms with Crippen LogP contribution in [0.5, 0.6) is 0 Å². The Morgan fingerprint density at radius 3 is 2.71 bits per heavy atom. The molecule has 0 saturated carbocycles. The van der Waals surface area contributed by atoms with E-state index in [1.807, 2.05) is 26.0 Å². The highest BCUT2D eigenvalue weighted by Crippen LogP contribution is 2.16. The van der Waals surface area contributed by atoms with E-state index in [0.29, 0.717) is 12.1 Å². The van der Waals surface area contributed by atoms with E-state index >= 15 is 0 Å². The summed E-state index contributed by atoms with van der Waals surface area (Å²) >= 11 is 3.39. The molecule has 5 heteroatoms. The fourth-order valence-electron chi connectivity index (χ4n) is 1.24. The minimum atomic E-state index is -0.913. The Morgan fingerprint density at radius 2 is 2.18 bits per heavy atom. The fraction of sp³-hybridized carbons (Fsp3) is 0.417. The summed E-state index contributed by atoms with van der Waals surface area (Å²) in [6, 6.07) is 5.44. The number of rotatable bonds is 4. The van der Waals surface area contributed by atoms with Gasteiger partial charge < -0.3 is 5.32 Å². The van der Waals surface area contributed by atoms with Crippen LogP contribution >= 0.6 is 15.9 Å². The van der Waals surface area contributed by atoms with E-state index in [1.54, 1.807) is 12.3 Å². The predicted octanol–water partition coefficient (Wildman–Crippen LogP) is 2.25. The van der Waals surface area contributed by atoms with Crippen LogP contribution in [0, 0.1) is 6.92 Å². The topological polar surface area (TPSA) is 46.2 Å². The van der Waals surface area contributed by atoms with Crippen molar-refractivity contribution in [2.24, 2.45) is 0 Å². The van der Waals surface area contributed by atoms with Crippen molar-refractivity contribution in [3.8, 4) is 0 Å². The largest absolute Gasteiger partial charge is 0.351 e. The van der Waals surface area contributed by atoms with Gasteiger partial charge in [0.25, 0.3) is 5.91 Å². The molecule has 1 aromatic rings. The van der Waals surface area contributed by atoms with Crippen molar-refractivity contribution in [2.75, 3.05) is 12.8 Å². The van der Waals surface area contributed by atoms with Gasteiger partial charge in [-0.05, 0) is 37.6 Å². The first-order valence-corrected chi connectivity index (χ1v) is 7.70. The van der Waals surface area contributed by atoms with Crippen molar-refractivity contribution in [3.05, 3.63) is 33.8 Å². The van der Waals surface area contributed by atoms with Crippen LogP contribution in [-0.4, -0.2) is 28.2 Å². The molecule has 94 valence electrons. The molecular formula is C12H16BrNO2S. The van der Waals surface area contributed by atoms with Crippen LogP contribution in [0.3, 0.4) is 0 Å². The van der Waals surface area contributed by atoms with E-state index < -0.39 is 10.8 Å². The van der Waals surface area contributed by atoms with Crippen LogP contribution in [0.4, 0.5) is 0 Å². The molecule has 0 bridgehead atoms. The smallest absolute Gasteiger partial charge is 0.251 e. The number of aryl methyl sites for hydroxylation is 1. The molecule has 1 N–H and O–H groups in total. The molecule has 2 unspecified atom stereocenters. The zero-order valence-electron chi connectivity index (χ0n) is 10.1. The Balaban J connectivity index is 2.64. The lowest BCUT2D eigenvalue weighted by atomic mass is 10.1. The Kier molecular flexibility index (Phi) is 5.33. The van der Waals surface area contributed by atoms with Gasteiger partial charge in [-0.25, -0.2) is 0 Å². The third-order valence-electron chi connectivity index (χ3n) is 2.54. The van der Waals surface area contributed by atoms with E-state index in [0.717, 1.165) is 10.0 Å². The average molecular weight is 318 g/mol. The molecule has 1 rings (SSSR count). The number of hydrogen-bond donors (Lipinski definition) is 1. The van der Waals surface area contributed by atoms with Gasteiger partial charge in [0, 0.05) is 38.9 Å². The van der Waals surface area contributed by atoms with Crippen LogP contribution < -0.4 is 5.32 Å². The zero-order chi connectivity index (χ0) is 13.0. The number of halogens is 1. The second-order valence-corrected chi connectivity index (χ2v) is 6.64. The van der Waals surface area contributed by atoms with Crippen LogP contribution in [0.1, 0.15) is 22.8 Å². The van der Waals surface area contributed by atoms with Crippen molar-refractivity contribution in [1.29, 1.82) is 0 Å². The van der Waals surface area contributed by atoms with Gasteiger partial charge in [-0.2, -0.15) is 0 Å². The lowest BCUT2D eigenvalue weighted by molar-refractivity contribution is 0.0954. The van der Waals surface area contributed by atoms with E-state index in [2.05, 4.69) is 21.2 Å². The first kappa shape index (κ1) is 14.4. The number of nitrogens with one attached hydrogen (secondary N) is 1. The van der Waals surface area contributed by atoms with Gasteiger partial charge >= 0.3 is 0 Å². The van der Waals surface area contributed by atoms with Gasteiger partial charge in [0.05, 0.1) is 0 Å². The summed E-state index contributed by atoms with van der Waals surface area (Å²) in [5.41, 5.74) is 1.64. The highest BCUT2D eigenvalue weighted by atomic mass is 79.9. The van der Waals surface area contributed by atoms with Gasteiger partial charge in [-0.3, -0.25) is 9.00 Å². The van der Waals surface area contributed by atoms with Crippen molar-refractivity contribution in [3.63, 3.8) is 0 Å². The average Bonchev–Trinajstić information content (AvgIpc) is 2.28. The molecule has 3 nitrogen and oxygen atoms in total. The van der Waals surface area contributed by atoms with Crippen molar-refractivity contribution in [2.45, 2.75) is 19.1 Å². The standard InChI is InChI=1S/C12H16BrNO2S/c1-8-6-10(4-5-11(8)13)12(15)14-7-9(2)17(3)16/h4-6,9H,7H2,1-3H3,(H,14,15). The summed E-state index contributed by atoms with van der Waals surface area (Å²) in [5.74, 6) is -0.127. The summed E-state index contributed by atoms with van der Waals surface area (Å²) in [5, 5.41) is 2.75. The third kappa shape index (κ3) is 4.24. The number of hydrogen-bond acceptors (Lipinski definition) is 2. The maximum absolute atomic E-state index is 11.8. The van der Waals surface area contributed by atoms with Crippen molar-refractivity contribution in [1.82, 2.24) is 5.32 Å². The summed E-state index contributed by atoms with van der Waals surface area (Å²) in [4.78, 5) is 11.8. The fourth-order valence-corrected chi connectivity index (χ4v) is 1.81. The quantitative estimate of drug-likeness (QED) is 0.925. The molecule has 0 radical (unpaired) electrons. The predicted molar refractivity (Wildman–Crippen MR) is 74.7 cm³/mol. The van der Waals surface area contributed by atoms with E-state index in [-0.39, 0.29) is 11.2 Å². The molecule has 0 aliphatic rings. The summed E-state index contributed by atoms with van der Waals surface area (Å²) in [7, 11) is -0.913. The molecule has 1 aromatic carbocycles. The third-order valence-corrected chi connectivity index (χ3v) is 4.73. The Morgan fingerprint density at radius 1 is 1.53 bits per heavy atom. The van der Waals surface area contributed by atoms with Gasteiger partial charge in [0.15, 0.2) is 0 Å². The second-order valence-electron chi connectivity index (χ2n) is 3.98. The lowest BCUT2D eigenvalue weighted by Crippen LogP contribution is -2.32. The van der Waals surface area contributed by atoms with Crippen molar-refractivity contribution >= 4 is 32.6 Å². The Bertz CT molecular complexity index is 448. The van der Waals surface area contributed by atoms with Crippen molar-refractivity contribution < 1.29 is 9.00 Å². The van der Waals surface area contributed by atoms with Crippen LogP contribution in [-0.2, 0) is 10.8 Å². The van der Waals surface area contributed by atoms with Gasteiger partial charge in [-0.1, -0.05) is 15.9 Å². The van der Waals surface area contributed by atoms with Crippen LogP contribution in [0.15, 0.2) is 22.7 Å². The molecule has 0 heterocycles. The van der Waals surface area contributed by atoms with Gasteiger partial charge in [-0.15, -0.1) is 0 Å². The minimum Gasteiger partial charge on any atom is -0.351 e. The molecule has 0 aromatic heterocycles. The highest BCUT2D eigenvalue weighted by Gasteiger charge is 2.10. The molecule has 0 aliphatic heterocycles. The molecule has 1 amide bonds. The molecule has 0 aliphatic carbocycles. The Hall–Kier alpha value is -0.680. The van der Waals surface area contributed by atoms with E-state index in [9.17, 15) is 9.00 Å². The lowest BCUT2D eigenvalue weighted by Gasteiger charge is -2.10. The van der Waals surface area contributed by atoms with E-state index in [4.69, 9.17) is 0 Å². The number of benzene rings is 1. The maximum atomic E-state index is 11.8. The SMILES string of the molecule is Cc1cc(C(=O)NCC(C)S(C)=O)ccc1Br. The first-order chi connectivity index (χ1) is 7.91. The van der Waals surface area contributed by atoms with Gasteiger partial charge in [0.2, 0.25) is 0 Å². The van der Waals surface area contributed by atoms with E-state index in [1.165, 1.54) is 0 Å². The number of carbonyl (C=O) groups is 1. The minimum absolute atomic E-state index is 0.0319. The molecule has 0 fully saturated rings. The summed E-state index contributed by atoms with van der Waals surface area (Å²) in [6.45, 7) is 4.21. The van der Waals surface area contributed by atoms with Crippen LogP contribution in [0.25, 0.3) is 0 Å². The van der Waals surface area contributed by atoms with Gasteiger partial charge in [0.1, 0.15) is 0 Å². The highest BCUT2D eigenvalue weighted by molar-refractivity contribution is 9.10. The normalized spacial score (nSPS) is 14.1. The molecule has 0 spiro atoms. The zero-order valence-corrected chi connectivity index (χ0v) is 12.5.